The summed E-state index contributed by atoms with van der Waals surface area (Å²) in [4.78, 5) is 19.2. The Hall–Kier alpha value is -3.25. The zero-order valence-corrected chi connectivity index (χ0v) is 15.0. The number of hydrogen-bond donors (Lipinski definition) is 0. The number of halogens is 1. The van der Waals surface area contributed by atoms with Crippen molar-refractivity contribution in [2.45, 2.75) is 6.54 Å². The van der Waals surface area contributed by atoms with E-state index in [2.05, 4.69) is 4.98 Å². The molecular weight excluding hydrogens is 363 g/mol. The van der Waals surface area contributed by atoms with Gasteiger partial charge in [0.05, 0.1) is 18.5 Å². The van der Waals surface area contributed by atoms with Crippen LogP contribution in [0, 0.1) is 5.82 Å². The molecule has 0 radical (unpaired) electrons. The number of nitrogens with zero attached hydrogens (tertiary/aromatic N) is 2. The topological polar surface area (TPSA) is 46.3 Å². The van der Waals surface area contributed by atoms with Gasteiger partial charge in [-0.1, -0.05) is 36.4 Å². The number of rotatable bonds is 5. The maximum Gasteiger partial charge on any atom is 0.260 e. The molecule has 0 unspecified atom stereocenters. The molecule has 0 aliphatic carbocycles. The average Bonchev–Trinajstić information content (AvgIpc) is 3.38. The minimum atomic E-state index is -0.456. The second-order valence-electron chi connectivity index (χ2n) is 5.86. The number of thiazole rings is 1. The SMILES string of the molecule is O=C(c1cccc(F)c1)N(Cc1ccco1)c1nc(-c2ccccc2)cs1. The van der Waals surface area contributed by atoms with Crippen LogP contribution in [0.5, 0.6) is 0 Å². The summed E-state index contributed by atoms with van der Waals surface area (Å²) in [7, 11) is 0. The molecule has 2 aromatic carbocycles. The smallest absolute Gasteiger partial charge is 0.260 e. The van der Waals surface area contributed by atoms with Crippen molar-refractivity contribution >= 4 is 22.4 Å². The number of hydrogen-bond acceptors (Lipinski definition) is 4. The van der Waals surface area contributed by atoms with Gasteiger partial charge in [-0.3, -0.25) is 9.69 Å². The molecule has 0 N–H and O–H groups in total. The Morgan fingerprint density at radius 1 is 1.07 bits per heavy atom. The van der Waals surface area contributed by atoms with Crippen LogP contribution < -0.4 is 4.90 Å². The zero-order valence-electron chi connectivity index (χ0n) is 14.2. The van der Waals surface area contributed by atoms with Crippen LogP contribution in [0.1, 0.15) is 16.1 Å². The Morgan fingerprint density at radius 2 is 1.93 bits per heavy atom. The highest BCUT2D eigenvalue weighted by Gasteiger charge is 2.23. The monoisotopic (exact) mass is 378 g/mol. The predicted molar refractivity (Wildman–Crippen MR) is 103 cm³/mol. The van der Waals surface area contributed by atoms with Crippen LogP contribution in [-0.4, -0.2) is 10.9 Å². The number of carbonyl (C=O) groups is 1. The molecule has 2 aromatic heterocycles. The fraction of sp³-hybridized carbons (Fsp3) is 0.0476. The summed E-state index contributed by atoms with van der Waals surface area (Å²) >= 11 is 1.36. The standard InChI is InChI=1S/C21H15FN2O2S/c22-17-9-4-8-16(12-17)20(25)24(13-18-10-5-11-26-18)21-23-19(14-27-21)15-6-2-1-3-7-15/h1-12,14H,13H2. The van der Waals surface area contributed by atoms with Crippen molar-refractivity contribution in [2.24, 2.45) is 0 Å². The van der Waals surface area contributed by atoms with E-state index >= 15 is 0 Å². The average molecular weight is 378 g/mol. The van der Waals surface area contributed by atoms with Crippen LogP contribution in [0.15, 0.2) is 82.8 Å². The number of benzene rings is 2. The van der Waals surface area contributed by atoms with Gasteiger partial charge in [0.25, 0.3) is 5.91 Å². The molecule has 0 aliphatic heterocycles. The van der Waals surface area contributed by atoms with E-state index in [1.165, 1.54) is 34.4 Å². The molecule has 0 atom stereocenters. The summed E-state index contributed by atoms with van der Waals surface area (Å²) in [5.41, 5.74) is 2.02. The molecule has 1 amide bonds. The van der Waals surface area contributed by atoms with E-state index in [1.807, 2.05) is 35.7 Å². The number of carbonyl (C=O) groups excluding carboxylic acids is 1. The molecule has 0 aliphatic rings. The lowest BCUT2D eigenvalue weighted by Crippen LogP contribution is -2.30. The van der Waals surface area contributed by atoms with Gasteiger partial charge < -0.3 is 4.42 Å². The van der Waals surface area contributed by atoms with Crippen molar-refractivity contribution in [1.29, 1.82) is 0 Å². The van der Waals surface area contributed by atoms with E-state index in [0.29, 0.717) is 10.9 Å². The van der Waals surface area contributed by atoms with E-state index < -0.39 is 5.82 Å². The van der Waals surface area contributed by atoms with Crippen molar-refractivity contribution in [3.8, 4) is 11.3 Å². The van der Waals surface area contributed by atoms with Crippen molar-refractivity contribution in [1.82, 2.24) is 4.98 Å². The van der Waals surface area contributed by atoms with E-state index in [4.69, 9.17) is 4.42 Å². The van der Waals surface area contributed by atoms with E-state index in [-0.39, 0.29) is 18.0 Å². The molecule has 134 valence electrons. The van der Waals surface area contributed by atoms with Crippen molar-refractivity contribution in [3.63, 3.8) is 0 Å². The van der Waals surface area contributed by atoms with Crippen LogP contribution in [-0.2, 0) is 6.54 Å². The molecule has 6 heteroatoms. The second-order valence-corrected chi connectivity index (χ2v) is 6.70. The van der Waals surface area contributed by atoms with Gasteiger partial charge in [-0.15, -0.1) is 11.3 Å². The largest absolute Gasteiger partial charge is 0.467 e. The molecule has 4 rings (SSSR count). The normalized spacial score (nSPS) is 10.7. The Morgan fingerprint density at radius 3 is 2.67 bits per heavy atom. The highest BCUT2D eigenvalue weighted by molar-refractivity contribution is 7.14. The van der Waals surface area contributed by atoms with E-state index in [1.54, 1.807) is 24.5 Å². The maximum absolute atomic E-state index is 13.6. The molecule has 0 fully saturated rings. The molecule has 4 aromatic rings. The zero-order chi connectivity index (χ0) is 18.6. The molecule has 27 heavy (non-hydrogen) atoms. The third-order valence-corrected chi connectivity index (χ3v) is 4.87. The van der Waals surface area contributed by atoms with Crippen LogP contribution in [0.4, 0.5) is 9.52 Å². The lowest BCUT2D eigenvalue weighted by Gasteiger charge is -2.19. The van der Waals surface area contributed by atoms with Crippen molar-refractivity contribution in [3.05, 3.63) is 95.5 Å². The quantitative estimate of drug-likeness (QED) is 0.468. The van der Waals surface area contributed by atoms with Crippen LogP contribution in [0.3, 0.4) is 0 Å². The highest BCUT2D eigenvalue weighted by atomic mass is 32.1. The lowest BCUT2D eigenvalue weighted by molar-refractivity contribution is 0.0983. The van der Waals surface area contributed by atoms with E-state index in [0.717, 1.165) is 11.3 Å². The molecule has 0 spiro atoms. The lowest BCUT2D eigenvalue weighted by atomic mass is 10.2. The van der Waals surface area contributed by atoms with Gasteiger partial charge in [0.1, 0.15) is 11.6 Å². The van der Waals surface area contributed by atoms with Gasteiger partial charge in [0.2, 0.25) is 0 Å². The van der Waals surface area contributed by atoms with Gasteiger partial charge in [-0.05, 0) is 30.3 Å². The number of amides is 1. The highest BCUT2D eigenvalue weighted by Crippen LogP contribution is 2.29. The minimum Gasteiger partial charge on any atom is -0.467 e. The van der Waals surface area contributed by atoms with Gasteiger partial charge in [0.15, 0.2) is 5.13 Å². The minimum absolute atomic E-state index is 0.212. The fourth-order valence-corrected chi connectivity index (χ4v) is 3.52. The van der Waals surface area contributed by atoms with Crippen LogP contribution >= 0.6 is 11.3 Å². The first kappa shape index (κ1) is 17.2. The van der Waals surface area contributed by atoms with Gasteiger partial charge >= 0.3 is 0 Å². The molecular formula is C21H15FN2O2S. The Bertz CT molecular complexity index is 1050. The summed E-state index contributed by atoms with van der Waals surface area (Å²) < 4.78 is 19.0. The van der Waals surface area contributed by atoms with Crippen molar-refractivity contribution < 1.29 is 13.6 Å². The predicted octanol–water partition coefficient (Wildman–Crippen LogP) is 5.39. The third-order valence-electron chi connectivity index (χ3n) is 4.00. The van der Waals surface area contributed by atoms with Crippen molar-refractivity contribution in [2.75, 3.05) is 4.90 Å². The van der Waals surface area contributed by atoms with E-state index in [9.17, 15) is 9.18 Å². The summed E-state index contributed by atoms with van der Waals surface area (Å²) in [5.74, 6) is -0.168. The molecule has 0 saturated heterocycles. The number of anilines is 1. The molecule has 0 bridgehead atoms. The number of aromatic nitrogens is 1. The Kier molecular flexibility index (Phi) is 4.80. The molecule has 0 saturated carbocycles. The summed E-state index contributed by atoms with van der Waals surface area (Å²) in [6.07, 6.45) is 1.55. The molecule has 2 heterocycles. The van der Waals surface area contributed by atoms with Gasteiger partial charge in [0, 0.05) is 16.5 Å². The summed E-state index contributed by atoms with van der Waals surface area (Å²) in [6, 6.07) is 18.9. The van der Waals surface area contributed by atoms with Gasteiger partial charge in [-0.25, -0.2) is 9.37 Å². The Labute approximate surface area is 159 Å². The second kappa shape index (κ2) is 7.55. The van der Waals surface area contributed by atoms with Gasteiger partial charge in [-0.2, -0.15) is 0 Å². The number of furan rings is 1. The first-order chi connectivity index (χ1) is 13.2. The third kappa shape index (κ3) is 3.80. The Balaban J connectivity index is 1.70. The maximum atomic E-state index is 13.6. The summed E-state index contributed by atoms with van der Waals surface area (Å²) in [6.45, 7) is 0.212. The summed E-state index contributed by atoms with van der Waals surface area (Å²) in [5, 5.41) is 2.43. The van der Waals surface area contributed by atoms with Crippen LogP contribution in [0.2, 0.25) is 0 Å². The van der Waals surface area contributed by atoms with Crippen LogP contribution in [0.25, 0.3) is 11.3 Å². The fourth-order valence-electron chi connectivity index (χ4n) is 2.69. The molecule has 4 nitrogen and oxygen atoms in total. The first-order valence-corrected chi connectivity index (χ1v) is 9.19. The first-order valence-electron chi connectivity index (χ1n) is 8.31.